The van der Waals surface area contributed by atoms with Gasteiger partial charge in [-0.3, -0.25) is 9.78 Å². The lowest BCUT2D eigenvalue weighted by molar-refractivity contribution is -0.138. The Morgan fingerprint density at radius 3 is 3.00 bits per heavy atom. The Labute approximate surface area is 134 Å². The van der Waals surface area contributed by atoms with Crippen molar-refractivity contribution < 1.29 is 14.1 Å². The average Bonchev–Trinajstić information content (AvgIpc) is 3.09. The monoisotopic (exact) mass is 316 g/mol. The minimum Gasteiger partial charge on any atom is -0.375 e. The van der Waals surface area contributed by atoms with Gasteiger partial charge in [-0.15, -0.1) is 0 Å². The summed E-state index contributed by atoms with van der Waals surface area (Å²) in [5.74, 6) is 1.10. The fraction of sp³-hybridized carbons (Fsp3) is 0.500. The van der Waals surface area contributed by atoms with E-state index in [1.807, 2.05) is 17.0 Å². The SMILES string of the molecule is CCC1CN(C(=O)CCc2nc(-c3ccncc3)no2)CCO1. The molecule has 0 aliphatic carbocycles. The van der Waals surface area contributed by atoms with Crippen LogP contribution in [0.15, 0.2) is 29.0 Å². The Hall–Kier alpha value is -2.28. The molecule has 1 aliphatic rings. The zero-order valence-corrected chi connectivity index (χ0v) is 13.1. The first-order chi connectivity index (χ1) is 11.3. The van der Waals surface area contributed by atoms with Crippen LogP contribution in [0.5, 0.6) is 0 Å². The van der Waals surface area contributed by atoms with Gasteiger partial charge in [-0.25, -0.2) is 0 Å². The molecule has 1 unspecified atom stereocenters. The topological polar surface area (TPSA) is 81.4 Å². The quantitative estimate of drug-likeness (QED) is 0.835. The van der Waals surface area contributed by atoms with Crippen molar-refractivity contribution in [3.05, 3.63) is 30.4 Å². The molecule has 1 aliphatic heterocycles. The molecule has 2 aromatic rings. The Morgan fingerprint density at radius 1 is 1.39 bits per heavy atom. The number of aryl methyl sites for hydroxylation is 1. The van der Waals surface area contributed by atoms with E-state index >= 15 is 0 Å². The number of hydrogen-bond acceptors (Lipinski definition) is 6. The van der Waals surface area contributed by atoms with Gasteiger partial charge in [0.15, 0.2) is 0 Å². The first-order valence-corrected chi connectivity index (χ1v) is 7.88. The minimum atomic E-state index is 0.107. The summed E-state index contributed by atoms with van der Waals surface area (Å²) >= 11 is 0. The molecule has 1 fully saturated rings. The minimum absolute atomic E-state index is 0.107. The van der Waals surface area contributed by atoms with Gasteiger partial charge in [-0.05, 0) is 18.6 Å². The fourth-order valence-corrected chi connectivity index (χ4v) is 2.54. The van der Waals surface area contributed by atoms with Crippen LogP contribution < -0.4 is 0 Å². The van der Waals surface area contributed by atoms with Crippen molar-refractivity contribution in [2.45, 2.75) is 32.3 Å². The van der Waals surface area contributed by atoms with Crippen molar-refractivity contribution in [1.82, 2.24) is 20.0 Å². The van der Waals surface area contributed by atoms with Gasteiger partial charge in [-0.1, -0.05) is 12.1 Å². The maximum Gasteiger partial charge on any atom is 0.227 e. The third-order valence-electron chi connectivity index (χ3n) is 3.91. The summed E-state index contributed by atoms with van der Waals surface area (Å²) in [5.41, 5.74) is 0.847. The van der Waals surface area contributed by atoms with Crippen LogP contribution in [0.25, 0.3) is 11.4 Å². The average molecular weight is 316 g/mol. The highest BCUT2D eigenvalue weighted by atomic mass is 16.5. The first-order valence-electron chi connectivity index (χ1n) is 7.88. The van der Waals surface area contributed by atoms with Gasteiger partial charge < -0.3 is 14.2 Å². The zero-order valence-electron chi connectivity index (χ0n) is 13.1. The highest BCUT2D eigenvalue weighted by Crippen LogP contribution is 2.15. The summed E-state index contributed by atoms with van der Waals surface area (Å²) in [7, 11) is 0. The van der Waals surface area contributed by atoms with Crippen molar-refractivity contribution in [1.29, 1.82) is 0 Å². The molecule has 1 amide bonds. The largest absolute Gasteiger partial charge is 0.375 e. The van der Waals surface area contributed by atoms with Crippen LogP contribution in [0, 0.1) is 0 Å². The number of ether oxygens (including phenoxy) is 1. The molecular formula is C16H20N4O3. The predicted molar refractivity (Wildman–Crippen MR) is 82.5 cm³/mol. The van der Waals surface area contributed by atoms with E-state index < -0.39 is 0 Å². The lowest BCUT2D eigenvalue weighted by Crippen LogP contribution is -2.45. The van der Waals surface area contributed by atoms with Gasteiger partial charge in [0.05, 0.1) is 12.7 Å². The summed E-state index contributed by atoms with van der Waals surface area (Å²) in [4.78, 5) is 22.4. The van der Waals surface area contributed by atoms with Gasteiger partial charge in [0.2, 0.25) is 17.6 Å². The highest BCUT2D eigenvalue weighted by Gasteiger charge is 2.23. The van der Waals surface area contributed by atoms with Crippen LogP contribution in [-0.2, 0) is 16.0 Å². The van der Waals surface area contributed by atoms with Gasteiger partial charge >= 0.3 is 0 Å². The van der Waals surface area contributed by atoms with Crippen LogP contribution in [0.4, 0.5) is 0 Å². The molecule has 122 valence electrons. The summed E-state index contributed by atoms with van der Waals surface area (Å²) < 4.78 is 10.8. The van der Waals surface area contributed by atoms with Gasteiger partial charge in [0, 0.05) is 43.9 Å². The third-order valence-corrected chi connectivity index (χ3v) is 3.91. The fourth-order valence-electron chi connectivity index (χ4n) is 2.54. The number of carbonyl (C=O) groups is 1. The lowest BCUT2D eigenvalue weighted by atomic mass is 10.2. The molecule has 23 heavy (non-hydrogen) atoms. The first kappa shape index (κ1) is 15.6. The molecule has 0 radical (unpaired) electrons. The van der Waals surface area contributed by atoms with Crippen LogP contribution >= 0.6 is 0 Å². The molecule has 3 rings (SSSR count). The zero-order chi connectivity index (χ0) is 16.1. The van der Waals surface area contributed by atoms with E-state index in [4.69, 9.17) is 9.26 Å². The molecule has 0 N–H and O–H groups in total. The van der Waals surface area contributed by atoms with Crippen molar-refractivity contribution in [3.63, 3.8) is 0 Å². The second kappa shape index (κ2) is 7.32. The molecule has 3 heterocycles. The number of morpholine rings is 1. The van der Waals surface area contributed by atoms with Gasteiger partial charge in [0.25, 0.3) is 0 Å². The van der Waals surface area contributed by atoms with Crippen molar-refractivity contribution >= 4 is 5.91 Å². The molecule has 1 atom stereocenters. The number of carbonyl (C=O) groups excluding carboxylic acids is 1. The van der Waals surface area contributed by atoms with Crippen LogP contribution in [0.2, 0.25) is 0 Å². The normalized spacial score (nSPS) is 18.1. The second-order valence-electron chi connectivity index (χ2n) is 5.49. The van der Waals surface area contributed by atoms with Crippen molar-refractivity contribution in [3.8, 4) is 11.4 Å². The van der Waals surface area contributed by atoms with E-state index in [-0.39, 0.29) is 12.0 Å². The molecule has 7 nitrogen and oxygen atoms in total. The predicted octanol–water partition coefficient (Wildman–Crippen LogP) is 1.70. The highest BCUT2D eigenvalue weighted by molar-refractivity contribution is 5.76. The summed E-state index contributed by atoms with van der Waals surface area (Å²) in [6, 6.07) is 3.64. The number of hydrogen-bond donors (Lipinski definition) is 0. The Bertz CT molecular complexity index is 644. The number of aromatic nitrogens is 3. The van der Waals surface area contributed by atoms with Crippen molar-refractivity contribution in [2.24, 2.45) is 0 Å². The Kier molecular flexibility index (Phi) is 4.97. The Morgan fingerprint density at radius 2 is 2.22 bits per heavy atom. The van der Waals surface area contributed by atoms with Gasteiger partial charge in [0.1, 0.15) is 0 Å². The summed E-state index contributed by atoms with van der Waals surface area (Å²) in [5, 5.41) is 3.94. The molecule has 1 saturated heterocycles. The molecule has 0 spiro atoms. The maximum absolute atomic E-state index is 12.3. The smallest absolute Gasteiger partial charge is 0.227 e. The summed E-state index contributed by atoms with van der Waals surface area (Å²) in [6.07, 6.45) is 5.24. The molecule has 7 heteroatoms. The van der Waals surface area contributed by atoms with E-state index in [1.165, 1.54) is 0 Å². The lowest BCUT2D eigenvalue weighted by Gasteiger charge is -2.32. The van der Waals surface area contributed by atoms with Crippen molar-refractivity contribution in [2.75, 3.05) is 19.7 Å². The molecule has 0 saturated carbocycles. The van der Waals surface area contributed by atoms with E-state index in [0.717, 1.165) is 12.0 Å². The summed E-state index contributed by atoms with van der Waals surface area (Å²) in [6.45, 7) is 4.00. The number of rotatable bonds is 5. The van der Waals surface area contributed by atoms with Gasteiger partial charge in [-0.2, -0.15) is 4.98 Å². The van der Waals surface area contributed by atoms with E-state index in [1.54, 1.807) is 12.4 Å². The Balaban J connectivity index is 1.54. The van der Waals surface area contributed by atoms with E-state index in [9.17, 15) is 4.79 Å². The van der Waals surface area contributed by atoms with Crippen LogP contribution in [0.3, 0.4) is 0 Å². The van der Waals surface area contributed by atoms with E-state index in [2.05, 4.69) is 22.0 Å². The number of nitrogens with zero attached hydrogens (tertiary/aromatic N) is 4. The molecule has 0 aromatic carbocycles. The van der Waals surface area contributed by atoms with Crippen LogP contribution in [-0.4, -0.2) is 51.7 Å². The molecular weight excluding hydrogens is 296 g/mol. The molecule has 0 bridgehead atoms. The molecule has 2 aromatic heterocycles. The number of pyridine rings is 1. The van der Waals surface area contributed by atoms with E-state index in [0.29, 0.717) is 44.3 Å². The third kappa shape index (κ3) is 3.92. The number of amides is 1. The second-order valence-corrected chi connectivity index (χ2v) is 5.49. The maximum atomic E-state index is 12.3. The van der Waals surface area contributed by atoms with Crippen LogP contribution in [0.1, 0.15) is 25.7 Å². The standard InChI is InChI=1S/C16H20N4O3/c1-2-13-11-20(9-10-22-13)15(21)4-3-14-18-16(19-23-14)12-5-7-17-8-6-12/h5-8,13H,2-4,9-11H2,1H3.